The Labute approximate surface area is 96.4 Å². The van der Waals surface area contributed by atoms with E-state index in [4.69, 9.17) is 10.4 Å². The molecule has 5 nitrogen and oxygen atoms in total. The van der Waals surface area contributed by atoms with Gasteiger partial charge in [0.2, 0.25) is 0 Å². The highest BCUT2D eigenvalue weighted by atomic mass is 19.1. The predicted octanol–water partition coefficient (Wildman–Crippen LogP) is 0.832. The van der Waals surface area contributed by atoms with Crippen molar-refractivity contribution >= 4 is 5.97 Å². The number of carboxylic acid groups (broad SMARTS) is 1. The first-order valence-electron chi connectivity index (χ1n) is 4.73. The molecule has 0 aliphatic heterocycles. The summed E-state index contributed by atoms with van der Waals surface area (Å²) in [4.78, 5) is 10.8. The average Bonchev–Trinajstić information content (AvgIpc) is 2.28. The van der Waals surface area contributed by atoms with Crippen molar-refractivity contribution in [2.24, 2.45) is 0 Å². The van der Waals surface area contributed by atoms with Crippen molar-refractivity contribution in [3.63, 3.8) is 0 Å². The lowest BCUT2D eigenvalue weighted by Gasteiger charge is -2.17. The fraction of sp³-hybridized carbons (Fsp3) is 0.273. The second kappa shape index (κ2) is 5.39. The van der Waals surface area contributed by atoms with Crippen molar-refractivity contribution < 1.29 is 24.5 Å². The van der Waals surface area contributed by atoms with Gasteiger partial charge in [-0.25, -0.2) is 9.18 Å². The molecule has 1 aromatic carbocycles. The summed E-state index contributed by atoms with van der Waals surface area (Å²) in [5.41, 5.74) is -0.559. The number of carbonyl (C=O) groups is 1. The van der Waals surface area contributed by atoms with Crippen molar-refractivity contribution in [2.45, 2.75) is 18.6 Å². The third-order valence-corrected chi connectivity index (χ3v) is 2.23. The highest BCUT2D eigenvalue weighted by molar-refractivity contribution is 5.89. The molecule has 6 heteroatoms. The molecule has 0 fully saturated rings. The summed E-state index contributed by atoms with van der Waals surface area (Å²) < 4.78 is 12.9. The molecule has 2 atom stereocenters. The van der Waals surface area contributed by atoms with E-state index in [9.17, 15) is 19.4 Å². The largest absolute Gasteiger partial charge is 0.478 e. The van der Waals surface area contributed by atoms with Gasteiger partial charge in [0.1, 0.15) is 11.9 Å². The molecule has 0 bridgehead atoms. The smallest absolute Gasteiger partial charge is 0.336 e. The van der Waals surface area contributed by atoms with Crippen LogP contribution in [0.25, 0.3) is 0 Å². The Kier molecular flexibility index (Phi) is 4.15. The number of hydrogen-bond donors (Lipinski definition) is 3. The standard InChI is InChI=1S/C11H10FNO4/c12-6-1-2-7(8(5-6)11(16)17)10(15)9(14)3-4-13/h1-2,5,9-10,14-15H,3H2,(H,16,17). The first-order valence-corrected chi connectivity index (χ1v) is 4.73. The quantitative estimate of drug-likeness (QED) is 0.722. The molecule has 0 aliphatic carbocycles. The molecule has 0 saturated heterocycles. The summed E-state index contributed by atoms with van der Waals surface area (Å²) in [5, 5.41) is 36.2. The summed E-state index contributed by atoms with van der Waals surface area (Å²) in [5.74, 6) is -2.17. The van der Waals surface area contributed by atoms with Gasteiger partial charge < -0.3 is 15.3 Å². The molecular weight excluding hydrogens is 229 g/mol. The van der Waals surface area contributed by atoms with E-state index in [0.29, 0.717) is 0 Å². The molecule has 0 aromatic heterocycles. The lowest BCUT2D eigenvalue weighted by atomic mass is 9.97. The van der Waals surface area contributed by atoms with E-state index in [1.165, 1.54) is 0 Å². The number of nitrogens with zero attached hydrogens (tertiary/aromatic N) is 1. The zero-order valence-electron chi connectivity index (χ0n) is 8.67. The average molecular weight is 239 g/mol. The number of rotatable bonds is 4. The molecule has 90 valence electrons. The van der Waals surface area contributed by atoms with E-state index in [2.05, 4.69) is 0 Å². The van der Waals surface area contributed by atoms with Crippen LogP contribution < -0.4 is 0 Å². The molecule has 1 rings (SSSR count). The minimum Gasteiger partial charge on any atom is -0.478 e. The lowest BCUT2D eigenvalue weighted by molar-refractivity contribution is 0.0205. The number of aliphatic hydroxyl groups excluding tert-OH is 2. The first-order chi connectivity index (χ1) is 7.97. The van der Waals surface area contributed by atoms with Gasteiger partial charge in [-0.3, -0.25) is 0 Å². The summed E-state index contributed by atoms with van der Waals surface area (Å²) in [6.07, 6.45) is -3.30. The van der Waals surface area contributed by atoms with Gasteiger partial charge in [0.05, 0.1) is 24.2 Å². The van der Waals surface area contributed by atoms with Gasteiger partial charge in [0.25, 0.3) is 0 Å². The molecule has 2 unspecified atom stereocenters. The Bertz CT molecular complexity index is 469. The number of aromatic carboxylic acids is 1. The van der Waals surface area contributed by atoms with Crippen LogP contribution in [0.3, 0.4) is 0 Å². The highest BCUT2D eigenvalue weighted by Crippen LogP contribution is 2.23. The molecule has 0 amide bonds. The van der Waals surface area contributed by atoms with E-state index in [1.54, 1.807) is 6.07 Å². The molecule has 1 aromatic rings. The van der Waals surface area contributed by atoms with E-state index in [0.717, 1.165) is 18.2 Å². The molecule has 17 heavy (non-hydrogen) atoms. The Morgan fingerprint density at radius 2 is 2.12 bits per heavy atom. The second-order valence-electron chi connectivity index (χ2n) is 3.41. The zero-order chi connectivity index (χ0) is 13.0. The minimum absolute atomic E-state index is 0.123. The van der Waals surface area contributed by atoms with Gasteiger partial charge in [0.15, 0.2) is 0 Å². The van der Waals surface area contributed by atoms with E-state index in [-0.39, 0.29) is 12.0 Å². The monoisotopic (exact) mass is 239 g/mol. The number of benzene rings is 1. The lowest BCUT2D eigenvalue weighted by Crippen LogP contribution is -2.20. The summed E-state index contributed by atoms with van der Waals surface area (Å²) >= 11 is 0. The third-order valence-electron chi connectivity index (χ3n) is 2.23. The fourth-order valence-corrected chi connectivity index (χ4v) is 1.38. The molecule has 0 aliphatic rings. The zero-order valence-corrected chi connectivity index (χ0v) is 8.67. The maximum atomic E-state index is 12.9. The van der Waals surface area contributed by atoms with Gasteiger partial charge in [-0.2, -0.15) is 5.26 Å². The van der Waals surface area contributed by atoms with Gasteiger partial charge in [-0.05, 0) is 17.7 Å². The number of halogens is 1. The van der Waals surface area contributed by atoms with E-state index >= 15 is 0 Å². The Balaban J connectivity index is 3.13. The first kappa shape index (κ1) is 13.1. The maximum absolute atomic E-state index is 12.9. The maximum Gasteiger partial charge on any atom is 0.336 e. The van der Waals surface area contributed by atoms with E-state index < -0.39 is 29.6 Å². The minimum atomic E-state index is -1.54. The van der Waals surface area contributed by atoms with Gasteiger partial charge in [-0.1, -0.05) is 6.07 Å². The van der Waals surface area contributed by atoms with Crippen molar-refractivity contribution in [2.75, 3.05) is 0 Å². The van der Waals surface area contributed by atoms with Gasteiger partial charge in [0, 0.05) is 0 Å². The molecule has 0 spiro atoms. The van der Waals surface area contributed by atoms with Crippen LogP contribution in [0.5, 0.6) is 0 Å². The third kappa shape index (κ3) is 3.00. The predicted molar refractivity (Wildman–Crippen MR) is 54.6 cm³/mol. The second-order valence-corrected chi connectivity index (χ2v) is 3.41. The molecule has 0 saturated carbocycles. The van der Waals surface area contributed by atoms with Crippen molar-refractivity contribution in [3.05, 3.63) is 35.1 Å². The molecule has 3 N–H and O–H groups in total. The van der Waals surface area contributed by atoms with Gasteiger partial charge in [-0.15, -0.1) is 0 Å². The molecule has 0 heterocycles. The van der Waals surface area contributed by atoms with Crippen molar-refractivity contribution in [1.82, 2.24) is 0 Å². The highest BCUT2D eigenvalue weighted by Gasteiger charge is 2.23. The number of aliphatic hydroxyl groups is 2. The Hall–Kier alpha value is -1.97. The van der Waals surface area contributed by atoms with Crippen LogP contribution in [-0.4, -0.2) is 27.4 Å². The van der Waals surface area contributed by atoms with Crippen LogP contribution in [0, 0.1) is 17.1 Å². The fourth-order valence-electron chi connectivity index (χ4n) is 1.38. The SMILES string of the molecule is N#CCC(O)C(O)c1ccc(F)cc1C(=O)O. The normalized spacial score (nSPS) is 13.8. The van der Waals surface area contributed by atoms with Gasteiger partial charge >= 0.3 is 5.97 Å². The summed E-state index contributed by atoms with van der Waals surface area (Å²) in [6, 6.07) is 4.45. The topological polar surface area (TPSA) is 102 Å². The number of nitriles is 1. The van der Waals surface area contributed by atoms with Crippen molar-refractivity contribution in [3.8, 4) is 6.07 Å². The van der Waals surface area contributed by atoms with Crippen LogP contribution in [0.2, 0.25) is 0 Å². The van der Waals surface area contributed by atoms with Crippen LogP contribution >= 0.6 is 0 Å². The van der Waals surface area contributed by atoms with Crippen molar-refractivity contribution in [1.29, 1.82) is 5.26 Å². The molecular formula is C11H10FNO4. The Morgan fingerprint density at radius 1 is 1.47 bits per heavy atom. The molecule has 0 radical (unpaired) electrons. The van der Waals surface area contributed by atoms with Crippen LogP contribution in [0.4, 0.5) is 4.39 Å². The number of carboxylic acids is 1. The van der Waals surface area contributed by atoms with Crippen LogP contribution in [0.1, 0.15) is 28.4 Å². The number of hydrogen-bond acceptors (Lipinski definition) is 4. The van der Waals surface area contributed by atoms with Crippen LogP contribution in [0.15, 0.2) is 18.2 Å². The summed E-state index contributed by atoms with van der Waals surface area (Å²) in [6.45, 7) is 0. The summed E-state index contributed by atoms with van der Waals surface area (Å²) in [7, 11) is 0. The van der Waals surface area contributed by atoms with Crippen LogP contribution in [-0.2, 0) is 0 Å². The Morgan fingerprint density at radius 3 is 2.65 bits per heavy atom. The van der Waals surface area contributed by atoms with E-state index in [1.807, 2.05) is 0 Å².